The molecule has 0 saturated heterocycles. The summed E-state index contributed by atoms with van der Waals surface area (Å²) in [6.45, 7) is 0.789. The van der Waals surface area contributed by atoms with Crippen molar-refractivity contribution in [3.63, 3.8) is 0 Å². The van der Waals surface area contributed by atoms with Crippen LogP contribution >= 0.6 is 11.6 Å². The molecule has 0 spiro atoms. The molecule has 3 nitrogen and oxygen atoms in total. The van der Waals surface area contributed by atoms with Crippen molar-refractivity contribution in [2.24, 2.45) is 0 Å². The molecule has 0 aliphatic rings. The second kappa shape index (κ2) is 6.12. The van der Waals surface area contributed by atoms with E-state index >= 15 is 0 Å². The summed E-state index contributed by atoms with van der Waals surface area (Å²) in [4.78, 5) is 4.33. The summed E-state index contributed by atoms with van der Waals surface area (Å²) in [5.41, 5.74) is 1.12. The van der Waals surface area contributed by atoms with Crippen molar-refractivity contribution < 1.29 is 4.74 Å². The third kappa shape index (κ3) is 2.99. The highest BCUT2D eigenvalue weighted by molar-refractivity contribution is 6.35. The van der Waals surface area contributed by atoms with E-state index in [-0.39, 0.29) is 0 Å². The summed E-state index contributed by atoms with van der Waals surface area (Å²) in [5, 5.41) is 5.76. The number of rotatable bonds is 4. The fourth-order valence-corrected chi connectivity index (χ4v) is 2.44. The molecule has 21 heavy (non-hydrogen) atoms. The molecule has 0 bridgehead atoms. The van der Waals surface area contributed by atoms with Gasteiger partial charge in [0.15, 0.2) is 0 Å². The molecule has 4 heteroatoms. The molecule has 0 saturated carbocycles. The van der Waals surface area contributed by atoms with Gasteiger partial charge in [0.2, 0.25) is 5.88 Å². The Morgan fingerprint density at radius 1 is 1.05 bits per heavy atom. The monoisotopic (exact) mass is 298 g/mol. The maximum atomic E-state index is 6.21. The van der Waals surface area contributed by atoms with E-state index in [0.29, 0.717) is 5.88 Å². The van der Waals surface area contributed by atoms with Crippen LogP contribution in [0.3, 0.4) is 0 Å². The van der Waals surface area contributed by atoms with Crippen molar-refractivity contribution in [1.82, 2.24) is 10.3 Å². The number of hydrogen-bond donors (Lipinski definition) is 1. The van der Waals surface area contributed by atoms with E-state index < -0.39 is 0 Å². The molecule has 0 aliphatic heterocycles. The second-order valence-corrected chi connectivity index (χ2v) is 5.14. The van der Waals surface area contributed by atoms with Gasteiger partial charge in [-0.2, -0.15) is 0 Å². The Labute approximate surface area is 128 Å². The molecule has 3 aromatic rings. The van der Waals surface area contributed by atoms with Gasteiger partial charge in [0.25, 0.3) is 0 Å². The zero-order valence-electron chi connectivity index (χ0n) is 11.6. The number of nitrogens with one attached hydrogen (secondary N) is 1. The van der Waals surface area contributed by atoms with Gasteiger partial charge in [-0.05, 0) is 24.7 Å². The molecule has 0 amide bonds. The van der Waals surface area contributed by atoms with E-state index in [9.17, 15) is 0 Å². The maximum absolute atomic E-state index is 6.21. The van der Waals surface area contributed by atoms with E-state index in [1.54, 1.807) is 0 Å². The number of nitrogens with zero attached hydrogens (tertiary/aromatic N) is 1. The molecule has 2 aromatic carbocycles. The summed E-state index contributed by atoms with van der Waals surface area (Å²) < 4.78 is 5.89. The zero-order valence-corrected chi connectivity index (χ0v) is 12.4. The highest BCUT2D eigenvalue weighted by Crippen LogP contribution is 2.33. The Morgan fingerprint density at radius 3 is 2.57 bits per heavy atom. The van der Waals surface area contributed by atoms with Crippen molar-refractivity contribution >= 4 is 22.4 Å². The standard InChI is InChI=1S/C17H15ClN2O/c1-19-10-12-6-9-17(20-11-12)21-16-8-7-15(18)13-4-2-3-5-14(13)16/h2-9,11,19H,10H2,1H3. The van der Waals surface area contributed by atoms with Gasteiger partial charge in [-0.25, -0.2) is 4.98 Å². The predicted octanol–water partition coefficient (Wildman–Crippen LogP) is 4.40. The van der Waals surface area contributed by atoms with E-state index in [0.717, 1.165) is 33.7 Å². The summed E-state index contributed by atoms with van der Waals surface area (Å²) in [6.07, 6.45) is 1.81. The number of pyridine rings is 1. The van der Waals surface area contributed by atoms with Gasteiger partial charge in [-0.15, -0.1) is 0 Å². The lowest BCUT2D eigenvalue weighted by atomic mass is 10.1. The van der Waals surface area contributed by atoms with Crippen LogP contribution in [0, 0.1) is 0 Å². The molecule has 1 N–H and O–H groups in total. The minimum absolute atomic E-state index is 0.572. The Hall–Kier alpha value is -2.10. The fourth-order valence-electron chi connectivity index (χ4n) is 2.22. The summed E-state index contributed by atoms with van der Waals surface area (Å²) in [6, 6.07) is 15.5. The average molecular weight is 299 g/mol. The van der Waals surface area contributed by atoms with Gasteiger partial charge < -0.3 is 10.1 Å². The van der Waals surface area contributed by atoms with Crippen molar-refractivity contribution in [3.8, 4) is 11.6 Å². The van der Waals surface area contributed by atoms with E-state index in [1.165, 1.54) is 0 Å². The Balaban J connectivity index is 1.93. The molecular formula is C17H15ClN2O. The third-order valence-electron chi connectivity index (χ3n) is 3.22. The maximum Gasteiger partial charge on any atom is 0.219 e. The number of halogens is 1. The van der Waals surface area contributed by atoms with Gasteiger partial charge in [-0.3, -0.25) is 0 Å². The first-order valence-corrected chi connectivity index (χ1v) is 7.10. The first-order chi connectivity index (χ1) is 10.3. The molecule has 0 atom stereocenters. The first kappa shape index (κ1) is 13.9. The smallest absolute Gasteiger partial charge is 0.219 e. The van der Waals surface area contributed by atoms with E-state index in [4.69, 9.17) is 16.3 Å². The average Bonchev–Trinajstić information content (AvgIpc) is 2.52. The largest absolute Gasteiger partial charge is 0.438 e. The van der Waals surface area contributed by atoms with Gasteiger partial charge in [0.1, 0.15) is 5.75 Å². The van der Waals surface area contributed by atoms with E-state index in [2.05, 4.69) is 10.3 Å². The Kier molecular flexibility index (Phi) is 4.04. The normalized spacial score (nSPS) is 10.8. The third-order valence-corrected chi connectivity index (χ3v) is 3.55. The summed E-state index contributed by atoms with van der Waals surface area (Å²) >= 11 is 6.21. The number of ether oxygens (including phenoxy) is 1. The summed E-state index contributed by atoms with van der Waals surface area (Å²) in [7, 11) is 1.91. The van der Waals surface area contributed by atoms with Crippen molar-refractivity contribution in [2.75, 3.05) is 7.05 Å². The van der Waals surface area contributed by atoms with Crippen LogP contribution < -0.4 is 10.1 Å². The van der Waals surface area contributed by atoms with Crippen LogP contribution in [0.2, 0.25) is 5.02 Å². The topological polar surface area (TPSA) is 34.1 Å². The number of benzene rings is 2. The highest BCUT2D eigenvalue weighted by atomic mass is 35.5. The van der Waals surface area contributed by atoms with Crippen LogP contribution in [0.4, 0.5) is 0 Å². The second-order valence-electron chi connectivity index (χ2n) is 4.73. The van der Waals surface area contributed by atoms with Crippen molar-refractivity contribution in [1.29, 1.82) is 0 Å². The van der Waals surface area contributed by atoms with Crippen LogP contribution in [-0.4, -0.2) is 12.0 Å². The lowest BCUT2D eigenvalue weighted by Gasteiger charge is -2.09. The van der Waals surface area contributed by atoms with Crippen LogP contribution in [0.5, 0.6) is 11.6 Å². The van der Waals surface area contributed by atoms with E-state index in [1.807, 2.05) is 61.8 Å². The molecule has 0 fully saturated rings. The van der Waals surface area contributed by atoms with Crippen LogP contribution in [0.1, 0.15) is 5.56 Å². The lowest BCUT2D eigenvalue weighted by Crippen LogP contribution is -2.05. The minimum Gasteiger partial charge on any atom is -0.438 e. The molecule has 0 unspecified atom stereocenters. The number of aromatic nitrogens is 1. The molecule has 0 aliphatic carbocycles. The van der Waals surface area contributed by atoms with Gasteiger partial charge >= 0.3 is 0 Å². The van der Waals surface area contributed by atoms with Crippen LogP contribution in [0.15, 0.2) is 54.7 Å². The zero-order chi connectivity index (χ0) is 14.7. The minimum atomic E-state index is 0.572. The molecule has 1 heterocycles. The molecule has 0 radical (unpaired) electrons. The Morgan fingerprint density at radius 2 is 1.86 bits per heavy atom. The van der Waals surface area contributed by atoms with Crippen molar-refractivity contribution in [3.05, 3.63) is 65.3 Å². The Bertz CT molecular complexity index is 756. The first-order valence-electron chi connectivity index (χ1n) is 6.72. The predicted molar refractivity (Wildman–Crippen MR) is 86.0 cm³/mol. The molecule has 3 rings (SSSR count). The molecular weight excluding hydrogens is 284 g/mol. The summed E-state index contributed by atoms with van der Waals surface area (Å²) in [5.74, 6) is 1.33. The van der Waals surface area contributed by atoms with Gasteiger partial charge in [-0.1, -0.05) is 41.9 Å². The quantitative estimate of drug-likeness (QED) is 0.775. The fraction of sp³-hybridized carbons (Fsp3) is 0.118. The number of hydrogen-bond acceptors (Lipinski definition) is 3. The van der Waals surface area contributed by atoms with Crippen LogP contribution in [0.25, 0.3) is 10.8 Å². The SMILES string of the molecule is CNCc1ccc(Oc2ccc(Cl)c3ccccc23)nc1. The van der Waals surface area contributed by atoms with Crippen molar-refractivity contribution in [2.45, 2.75) is 6.54 Å². The van der Waals surface area contributed by atoms with Gasteiger partial charge in [0, 0.05) is 34.6 Å². The molecule has 106 valence electrons. The van der Waals surface area contributed by atoms with Crippen LogP contribution in [-0.2, 0) is 6.54 Å². The van der Waals surface area contributed by atoms with Gasteiger partial charge in [0.05, 0.1) is 0 Å². The highest BCUT2D eigenvalue weighted by Gasteiger charge is 2.07. The molecule has 1 aromatic heterocycles. The lowest BCUT2D eigenvalue weighted by molar-refractivity contribution is 0.467. The number of fused-ring (bicyclic) bond motifs is 1.